The van der Waals surface area contributed by atoms with Crippen molar-refractivity contribution in [2.45, 2.75) is 32.6 Å². The van der Waals surface area contributed by atoms with Crippen LogP contribution in [0, 0.1) is 0 Å². The van der Waals surface area contributed by atoms with Crippen LogP contribution in [0.25, 0.3) is 10.8 Å². The first-order valence-corrected chi connectivity index (χ1v) is 7.99. The molecule has 24 heavy (non-hydrogen) atoms. The number of phenols is 1. The van der Waals surface area contributed by atoms with Gasteiger partial charge in [0.05, 0.1) is 19.3 Å². The number of carbonyl (C=O) groups is 2. The first-order chi connectivity index (χ1) is 11.5. The molecule has 0 saturated carbocycles. The molecule has 0 unspecified atom stereocenters. The number of ketones is 1. The van der Waals surface area contributed by atoms with Crippen molar-refractivity contribution in [3.8, 4) is 11.5 Å². The molecule has 2 rings (SSSR count). The van der Waals surface area contributed by atoms with Crippen LogP contribution in [0.2, 0.25) is 0 Å². The highest BCUT2D eigenvalue weighted by molar-refractivity contribution is 6.09. The van der Waals surface area contributed by atoms with Gasteiger partial charge in [0, 0.05) is 6.42 Å². The van der Waals surface area contributed by atoms with Gasteiger partial charge in [-0.25, -0.2) is 0 Å². The van der Waals surface area contributed by atoms with Gasteiger partial charge in [0.1, 0.15) is 11.5 Å². The zero-order valence-corrected chi connectivity index (χ0v) is 14.0. The lowest BCUT2D eigenvalue weighted by Gasteiger charge is -2.10. The second-order valence-electron chi connectivity index (χ2n) is 5.63. The number of Topliss-reactive ketones (excluding diaryl/α,β-unsaturated/α-hetero) is 1. The number of aromatic hydroxyl groups is 1. The predicted octanol–water partition coefficient (Wildman–Crippen LogP) is 3.86. The van der Waals surface area contributed by atoms with Crippen LogP contribution in [0.1, 0.15) is 43.0 Å². The number of methoxy groups -OCH3 is 1. The first-order valence-electron chi connectivity index (χ1n) is 7.99. The van der Waals surface area contributed by atoms with Crippen LogP contribution in [0.5, 0.6) is 11.5 Å². The molecule has 0 radical (unpaired) electrons. The highest BCUT2D eigenvalue weighted by Gasteiger charge is 2.12. The van der Waals surface area contributed by atoms with Crippen LogP contribution in [0.3, 0.4) is 0 Å². The minimum Gasteiger partial charge on any atom is -0.507 e. The van der Waals surface area contributed by atoms with E-state index in [0.717, 1.165) is 24.6 Å². The van der Waals surface area contributed by atoms with Crippen LogP contribution in [0.4, 0.5) is 0 Å². The second kappa shape index (κ2) is 8.34. The van der Waals surface area contributed by atoms with Gasteiger partial charge in [0.2, 0.25) is 0 Å². The number of rotatable bonds is 8. The third kappa shape index (κ3) is 4.47. The van der Waals surface area contributed by atoms with E-state index in [4.69, 9.17) is 4.74 Å². The highest BCUT2D eigenvalue weighted by atomic mass is 16.5. The molecule has 0 aromatic heterocycles. The van der Waals surface area contributed by atoms with Crippen molar-refractivity contribution in [2.75, 3.05) is 13.7 Å². The standard InChI is InChI=1S/C19H22O5/c1-13(20)19-16-12-15(9-7-14(16)8-10-17(19)21)24-11-5-3-4-6-18(22)23-2/h7-10,12,21H,3-6,11H2,1-2H3. The Kier molecular flexibility index (Phi) is 6.18. The van der Waals surface area contributed by atoms with Crippen molar-refractivity contribution in [1.29, 1.82) is 0 Å². The number of esters is 1. The maximum atomic E-state index is 11.8. The van der Waals surface area contributed by atoms with E-state index >= 15 is 0 Å². The zero-order valence-electron chi connectivity index (χ0n) is 14.0. The molecule has 0 atom stereocenters. The summed E-state index contributed by atoms with van der Waals surface area (Å²) in [6, 6.07) is 8.79. The van der Waals surface area contributed by atoms with E-state index in [9.17, 15) is 14.7 Å². The maximum absolute atomic E-state index is 11.8. The van der Waals surface area contributed by atoms with E-state index in [0.29, 0.717) is 29.7 Å². The van der Waals surface area contributed by atoms with Crippen molar-refractivity contribution in [2.24, 2.45) is 0 Å². The molecular formula is C19H22O5. The summed E-state index contributed by atoms with van der Waals surface area (Å²) in [6.07, 6.45) is 2.90. The quantitative estimate of drug-likeness (QED) is 0.452. The molecule has 1 N–H and O–H groups in total. The number of unbranched alkanes of at least 4 members (excludes halogenated alkanes) is 2. The minimum absolute atomic E-state index is 0.0186. The summed E-state index contributed by atoms with van der Waals surface area (Å²) in [5.74, 6) is 0.263. The summed E-state index contributed by atoms with van der Waals surface area (Å²) >= 11 is 0. The highest BCUT2D eigenvalue weighted by Crippen LogP contribution is 2.30. The maximum Gasteiger partial charge on any atom is 0.305 e. The summed E-state index contributed by atoms with van der Waals surface area (Å²) in [5, 5.41) is 11.5. The van der Waals surface area contributed by atoms with Gasteiger partial charge in [-0.1, -0.05) is 12.1 Å². The summed E-state index contributed by atoms with van der Waals surface area (Å²) in [6.45, 7) is 1.96. The van der Waals surface area contributed by atoms with E-state index in [2.05, 4.69) is 4.74 Å². The summed E-state index contributed by atoms with van der Waals surface area (Å²) in [5.41, 5.74) is 0.316. The Balaban J connectivity index is 1.97. The zero-order chi connectivity index (χ0) is 17.5. The Morgan fingerprint density at radius 2 is 1.83 bits per heavy atom. The number of ether oxygens (including phenoxy) is 2. The molecule has 0 aliphatic carbocycles. The Hall–Kier alpha value is -2.56. The Bertz CT molecular complexity index is 736. The van der Waals surface area contributed by atoms with Crippen LogP contribution < -0.4 is 4.74 Å². The van der Waals surface area contributed by atoms with E-state index in [1.165, 1.54) is 20.1 Å². The molecule has 0 fully saturated rings. The van der Waals surface area contributed by atoms with E-state index in [1.54, 1.807) is 12.1 Å². The normalized spacial score (nSPS) is 10.6. The van der Waals surface area contributed by atoms with E-state index < -0.39 is 0 Å². The fraction of sp³-hybridized carbons (Fsp3) is 0.368. The fourth-order valence-electron chi connectivity index (χ4n) is 2.59. The molecule has 0 heterocycles. The number of phenolic OH excluding ortho intramolecular Hbond substituents is 1. The lowest BCUT2D eigenvalue weighted by molar-refractivity contribution is -0.140. The average molecular weight is 330 g/mol. The molecule has 0 amide bonds. The van der Waals surface area contributed by atoms with Crippen LogP contribution in [-0.4, -0.2) is 30.6 Å². The third-order valence-corrected chi connectivity index (χ3v) is 3.84. The lowest BCUT2D eigenvalue weighted by atomic mass is 10.0. The number of carbonyl (C=O) groups excluding carboxylic acids is 2. The second-order valence-corrected chi connectivity index (χ2v) is 5.63. The average Bonchev–Trinajstić information content (AvgIpc) is 2.56. The number of hydrogen-bond donors (Lipinski definition) is 1. The summed E-state index contributed by atoms with van der Waals surface area (Å²) in [4.78, 5) is 22.8. The van der Waals surface area contributed by atoms with Gasteiger partial charge in [-0.3, -0.25) is 9.59 Å². The van der Waals surface area contributed by atoms with Gasteiger partial charge in [-0.2, -0.15) is 0 Å². The molecule has 128 valence electrons. The molecule has 2 aromatic carbocycles. The molecule has 0 aliphatic heterocycles. The Morgan fingerprint density at radius 1 is 1.08 bits per heavy atom. The molecule has 2 aromatic rings. The van der Waals surface area contributed by atoms with Crippen LogP contribution >= 0.6 is 0 Å². The molecule has 0 saturated heterocycles. The lowest BCUT2D eigenvalue weighted by Crippen LogP contribution is -2.01. The number of benzene rings is 2. The molecule has 5 nitrogen and oxygen atoms in total. The van der Waals surface area contributed by atoms with Gasteiger partial charge in [-0.15, -0.1) is 0 Å². The molecule has 0 bridgehead atoms. The van der Waals surface area contributed by atoms with Crippen LogP contribution in [0.15, 0.2) is 30.3 Å². The van der Waals surface area contributed by atoms with Crippen molar-refractivity contribution in [1.82, 2.24) is 0 Å². The van der Waals surface area contributed by atoms with Crippen molar-refractivity contribution < 1.29 is 24.2 Å². The number of hydrogen-bond acceptors (Lipinski definition) is 5. The molecule has 0 aliphatic rings. The topological polar surface area (TPSA) is 72.8 Å². The molecule has 0 spiro atoms. The monoisotopic (exact) mass is 330 g/mol. The first kappa shape index (κ1) is 17.8. The van der Waals surface area contributed by atoms with Gasteiger partial charge in [-0.05, 0) is 55.2 Å². The Morgan fingerprint density at radius 3 is 2.54 bits per heavy atom. The van der Waals surface area contributed by atoms with Crippen LogP contribution in [-0.2, 0) is 9.53 Å². The largest absolute Gasteiger partial charge is 0.507 e. The predicted molar refractivity (Wildman–Crippen MR) is 91.6 cm³/mol. The summed E-state index contributed by atoms with van der Waals surface area (Å²) < 4.78 is 10.3. The van der Waals surface area contributed by atoms with Crippen molar-refractivity contribution >= 4 is 22.5 Å². The smallest absolute Gasteiger partial charge is 0.305 e. The molecule has 5 heteroatoms. The third-order valence-electron chi connectivity index (χ3n) is 3.84. The number of fused-ring (bicyclic) bond motifs is 1. The minimum atomic E-state index is -0.193. The van der Waals surface area contributed by atoms with E-state index in [1.807, 2.05) is 12.1 Å². The van der Waals surface area contributed by atoms with Crippen molar-refractivity contribution in [3.05, 3.63) is 35.9 Å². The summed E-state index contributed by atoms with van der Waals surface area (Å²) in [7, 11) is 1.39. The van der Waals surface area contributed by atoms with Crippen molar-refractivity contribution in [3.63, 3.8) is 0 Å². The Labute approximate surface area is 141 Å². The fourth-order valence-corrected chi connectivity index (χ4v) is 2.59. The van der Waals surface area contributed by atoms with Gasteiger partial charge in [0.25, 0.3) is 0 Å². The van der Waals surface area contributed by atoms with Gasteiger partial charge >= 0.3 is 5.97 Å². The SMILES string of the molecule is COC(=O)CCCCCOc1ccc2ccc(O)c(C(C)=O)c2c1. The van der Waals surface area contributed by atoms with E-state index in [-0.39, 0.29) is 17.5 Å². The van der Waals surface area contributed by atoms with Gasteiger partial charge < -0.3 is 14.6 Å². The molecular weight excluding hydrogens is 308 g/mol. The van der Waals surface area contributed by atoms with Gasteiger partial charge in [0.15, 0.2) is 5.78 Å².